The van der Waals surface area contributed by atoms with Crippen LogP contribution in [0.25, 0.3) is 0 Å². The Balaban J connectivity index is 2.00. The highest BCUT2D eigenvalue weighted by molar-refractivity contribution is 6.00. The molecule has 0 aliphatic carbocycles. The Kier molecular flexibility index (Phi) is 4.28. The van der Waals surface area contributed by atoms with Crippen molar-refractivity contribution in [3.8, 4) is 0 Å². The van der Waals surface area contributed by atoms with Crippen molar-refractivity contribution in [2.45, 2.75) is 38.8 Å². The summed E-state index contributed by atoms with van der Waals surface area (Å²) in [5, 5.41) is 12.3. The molecule has 2 N–H and O–H groups in total. The average molecular weight is 325 g/mol. The first-order valence-corrected chi connectivity index (χ1v) is 8.18. The van der Waals surface area contributed by atoms with Crippen LogP contribution in [0, 0.1) is 0 Å². The first-order valence-electron chi connectivity index (χ1n) is 8.18. The minimum atomic E-state index is -0.682. The van der Waals surface area contributed by atoms with Crippen LogP contribution in [-0.4, -0.2) is 34.2 Å². The number of aromatic nitrogens is 1. The van der Waals surface area contributed by atoms with E-state index in [2.05, 4.69) is 34.3 Å². The molecule has 24 heavy (non-hydrogen) atoms. The second kappa shape index (κ2) is 6.24. The SMILES string of the molecule is CC1Cc2ccccc2N1c1ncccc1C(=O)NC(C)(C)CO. The summed E-state index contributed by atoms with van der Waals surface area (Å²) in [6.45, 7) is 5.58. The van der Waals surface area contributed by atoms with E-state index in [1.54, 1.807) is 32.2 Å². The first kappa shape index (κ1) is 16.5. The fourth-order valence-electron chi connectivity index (χ4n) is 3.07. The van der Waals surface area contributed by atoms with Crippen molar-refractivity contribution in [2.24, 2.45) is 0 Å². The van der Waals surface area contributed by atoms with E-state index in [-0.39, 0.29) is 18.6 Å². The zero-order chi connectivity index (χ0) is 17.3. The number of amides is 1. The third-order valence-electron chi connectivity index (χ3n) is 4.31. The fourth-order valence-corrected chi connectivity index (χ4v) is 3.07. The Morgan fingerprint density at radius 2 is 2.08 bits per heavy atom. The minimum absolute atomic E-state index is 0.128. The van der Waals surface area contributed by atoms with Crippen molar-refractivity contribution < 1.29 is 9.90 Å². The monoisotopic (exact) mass is 325 g/mol. The number of rotatable bonds is 4. The van der Waals surface area contributed by atoms with E-state index >= 15 is 0 Å². The van der Waals surface area contributed by atoms with Crippen molar-refractivity contribution in [1.29, 1.82) is 0 Å². The Hall–Kier alpha value is -2.40. The zero-order valence-electron chi connectivity index (χ0n) is 14.3. The van der Waals surface area contributed by atoms with Gasteiger partial charge in [0.1, 0.15) is 5.82 Å². The van der Waals surface area contributed by atoms with E-state index in [1.807, 2.05) is 12.1 Å². The number of nitrogens with one attached hydrogen (secondary N) is 1. The molecule has 1 atom stereocenters. The smallest absolute Gasteiger partial charge is 0.255 e. The second-order valence-corrected chi connectivity index (χ2v) is 6.92. The molecule has 0 saturated carbocycles. The molecule has 1 aromatic carbocycles. The summed E-state index contributed by atoms with van der Waals surface area (Å²) >= 11 is 0. The van der Waals surface area contributed by atoms with Gasteiger partial charge in [-0.2, -0.15) is 0 Å². The lowest BCUT2D eigenvalue weighted by Crippen LogP contribution is -2.46. The summed E-state index contributed by atoms with van der Waals surface area (Å²) in [6.07, 6.45) is 2.63. The van der Waals surface area contributed by atoms with Crippen LogP contribution < -0.4 is 10.2 Å². The van der Waals surface area contributed by atoms with Gasteiger partial charge in [-0.1, -0.05) is 18.2 Å². The largest absolute Gasteiger partial charge is 0.394 e. The summed E-state index contributed by atoms with van der Waals surface area (Å²) in [4.78, 5) is 19.3. The van der Waals surface area contributed by atoms with Crippen molar-refractivity contribution >= 4 is 17.4 Å². The lowest BCUT2D eigenvalue weighted by molar-refractivity contribution is 0.0869. The Morgan fingerprint density at radius 3 is 2.83 bits per heavy atom. The molecule has 3 rings (SSSR count). The van der Waals surface area contributed by atoms with Crippen LogP contribution in [-0.2, 0) is 6.42 Å². The number of aliphatic hydroxyl groups is 1. The van der Waals surface area contributed by atoms with Gasteiger partial charge in [-0.15, -0.1) is 0 Å². The number of benzene rings is 1. The molecule has 1 aliphatic heterocycles. The van der Waals surface area contributed by atoms with Crippen molar-refractivity contribution in [3.63, 3.8) is 0 Å². The molecule has 1 aromatic heterocycles. The number of hydrogen-bond donors (Lipinski definition) is 2. The molecule has 5 nitrogen and oxygen atoms in total. The Bertz CT molecular complexity index is 758. The predicted octanol–water partition coefficient (Wildman–Crippen LogP) is 2.67. The van der Waals surface area contributed by atoms with Crippen LogP contribution >= 0.6 is 0 Å². The molecule has 126 valence electrons. The summed E-state index contributed by atoms with van der Waals surface area (Å²) in [7, 11) is 0. The topological polar surface area (TPSA) is 65.5 Å². The van der Waals surface area contributed by atoms with Crippen LogP contribution in [0.15, 0.2) is 42.6 Å². The average Bonchev–Trinajstić information content (AvgIpc) is 2.90. The van der Waals surface area contributed by atoms with Gasteiger partial charge in [0.2, 0.25) is 0 Å². The lowest BCUT2D eigenvalue weighted by Gasteiger charge is -2.28. The van der Waals surface area contributed by atoms with Crippen LogP contribution in [0.1, 0.15) is 36.7 Å². The van der Waals surface area contributed by atoms with Crippen LogP contribution in [0.5, 0.6) is 0 Å². The first-order chi connectivity index (χ1) is 11.4. The number of hydrogen-bond acceptors (Lipinski definition) is 4. The van der Waals surface area contributed by atoms with Gasteiger partial charge in [0.25, 0.3) is 5.91 Å². The molecule has 5 heteroatoms. The number of fused-ring (bicyclic) bond motifs is 1. The van der Waals surface area contributed by atoms with E-state index < -0.39 is 5.54 Å². The summed E-state index contributed by atoms with van der Waals surface area (Å²) in [6, 6.07) is 12.0. The fraction of sp³-hybridized carbons (Fsp3) is 0.368. The minimum Gasteiger partial charge on any atom is -0.394 e. The maximum absolute atomic E-state index is 12.7. The lowest BCUT2D eigenvalue weighted by atomic mass is 10.1. The predicted molar refractivity (Wildman–Crippen MR) is 94.6 cm³/mol. The summed E-state index contributed by atoms with van der Waals surface area (Å²) < 4.78 is 0. The van der Waals surface area contributed by atoms with E-state index in [0.29, 0.717) is 11.4 Å². The number of carbonyl (C=O) groups is 1. The van der Waals surface area contributed by atoms with Gasteiger partial charge < -0.3 is 15.3 Å². The van der Waals surface area contributed by atoms with Crippen molar-refractivity contribution in [3.05, 3.63) is 53.7 Å². The third-order valence-corrected chi connectivity index (χ3v) is 4.31. The highest BCUT2D eigenvalue weighted by Crippen LogP contribution is 2.38. The van der Waals surface area contributed by atoms with Gasteiger partial charge in [0.15, 0.2) is 0 Å². The van der Waals surface area contributed by atoms with Crippen LogP contribution in [0.2, 0.25) is 0 Å². The van der Waals surface area contributed by atoms with Gasteiger partial charge in [-0.05, 0) is 51.0 Å². The third kappa shape index (κ3) is 2.99. The van der Waals surface area contributed by atoms with E-state index in [4.69, 9.17) is 0 Å². The van der Waals surface area contributed by atoms with E-state index in [0.717, 1.165) is 12.1 Å². The van der Waals surface area contributed by atoms with Crippen molar-refractivity contribution in [2.75, 3.05) is 11.5 Å². The molecule has 2 aromatic rings. The molecular weight excluding hydrogens is 302 g/mol. The van der Waals surface area contributed by atoms with E-state index in [1.165, 1.54) is 5.56 Å². The standard InChI is InChI=1S/C19H23N3O2/c1-13-11-14-7-4-5-9-16(14)22(13)17-15(8-6-10-20-17)18(24)21-19(2,3)12-23/h4-10,13,23H,11-12H2,1-3H3,(H,21,24). The normalized spacial score (nSPS) is 16.8. The molecule has 0 bridgehead atoms. The molecule has 1 aliphatic rings. The Morgan fingerprint density at radius 1 is 1.33 bits per heavy atom. The molecular formula is C19H23N3O2. The van der Waals surface area contributed by atoms with Crippen molar-refractivity contribution in [1.82, 2.24) is 10.3 Å². The van der Waals surface area contributed by atoms with E-state index in [9.17, 15) is 9.90 Å². The number of para-hydroxylation sites is 1. The zero-order valence-corrected chi connectivity index (χ0v) is 14.3. The summed E-state index contributed by atoms with van der Waals surface area (Å²) in [5.41, 5.74) is 2.19. The van der Waals surface area contributed by atoms with Crippen LogP contribution in [0.3, 0.4) is 0 Å². The second-order valence-electron chi connectivity index (χ2n) is 6.92. The molecule has 2 heterocycles. The number of carbonyl (C=O) groups excluding carboxylic acids is 1. The highest BCUT2D eigenvalue weighted by atomic mass is 16.3. The summed E-state index contributed by atoms with van der Waals surface area (Å²) in [5.74, 6) is 0.426. The molecule has 1 amide bonds. The van der Waals surface area contributed by atoms with Gasteiger partial charge in [-0.3, -0.25) is 4.79 Å². The molecule has 1 unspecified atom stereocenters. The molecule has 0 saturated heterocycles. The molecule has 0 fully saturated rings. The number of pyridine rings is 1. The maximum Gasteiger partial charge on any atom is 0.255 e. The number of aliphatic hydroxyl groups excluding tert-OH is 1. The number of nitrogens with zero attached hydrogens (tertiary/aromatic N) is 2. The van der Waals surface area contributed by atoms with Crippen LogP contribution in [0.4, 0.5) is 11.5 Å². The number of anilines is 2. The molecule has 0 radical (unpaired) electrons. The highest BCUT2D eigenvalue weighted by Gasteiger charge is 2.31. The van der Waals surface area contributed by atoms with Gasteiger partial charge in [-0.25, -0.2) is 4.98 Å². The van der Waals surface area contributed by atoms with Gasteiger partial charge in [0.05, 0.1) is 17.7 Å². The Labute approximate surface area is 142 Å². The van der Waals surface area contributed by atoms with Gasteiger partial charge in [0, 0.05) is 17.9 Å². The maximum atomic E-state index is 12.7. The quantitative estimate of drug-likeness (QED) is 0.907. The van der Waals surface area contributed by atoms with Gasteiger partial charge >= 0.3 is 0 Å². The molecule has 0 spiro atoms.